The van der Waals surface area contributed by atoms with Crippen molar-refractivity contribution in [2.45, 2.75) is 26.4 Å². The van der Waals surface area contributed by atoms with E-state index in [9.17, 15) is 8.42 Å². The molecular formula is C14H24N2O2S. The van der Waals surface area contributed by atoms with Crippen molar-refractivity contribution in [1.29, 1.82) is 0 Å². The molecule has 0 spiro atoms. The Morgan fingerprint density at radius 3 is 2.53 bits per heavy atom. The van der Waals surface area contributed by atoms with E-state index in [2.05, 4.69) is 6.07 Å². The standard InChI is InChI=1S/C14H24N2O2S/c1-3-8-19(17,18)9-7-16(2)12-14-6-4-5-13(10-14)11-15/h4-6,10H,3,7-9,11-12,15H2,1-2H3. The molecule has 4 nitrogen and oxygen atoms in total. The molecule has 0 heterocycles. The molecule has 1 rings (SSSR count). The zero-order chi connectivity index (χ0) is 14.3. The molecule has 0 unspecified atom stereocenters. The predicted molar refractivity (Wildman–Crippen MR) is 79.6 cm³/mol. The summed E-state index contributed by atoms with van der Waals surface area (Å²) in [6, 6.07) is 8.08. The highest BCUT2D eigenvalue weighted by atomic mass is 32.2. The second-order valence-corrected chi connectivity index (χ2v) is 7.22. The fraction of sp³-hybridized carbons (Fsp3) is 0.571. The van der Waals surface area contributed by atoms with E-state index in [1.165, 1.54) is 5.56 Å². The van der Waals surface area contributed by atoms with Crippen LogP contribution in [0.15, 0.2) is 24.3 Å². The van der Waals surface area contributed by atoms with Gasteiger partial charge in [0.25, 0.3) is 0 Å². The SMILES string of the molecule is CCCS(=O)(=O)CCN(C)Cc1cccc(CN)c1. The van der Waals surface area contributed by atoms with Crippen molar-refractivity contribution < 1.29 is 8.42 Å². The van der Waals surface area contributed by atoms with E-state index in [1.54, 1.807) is 0 Å². The van der Waals surface area contributed by atoms with Gasteiger partial charge in [-0.3, -0.25) is 0 Å². The Morgan fingerprint density at radius 1 is 1.21 bits per heavy atom. The summed E-state index contributed by atoms with van der Waals surface area (Å²) in [4.78, 5) is 2.03. The molecule has 1 aromatic rings. The maximum absolute atomic E-state index is 11.6. The van der Waals surface area contributed by atoms with Crippen LogP contribution in [-0.4, -0.2) is 38.4 Å². The molecule has 0 saturated carbocycles. The maximum atomic E-state index is 11.6. The molecule has 0 bridgehead atoms. The van der Waals surface area contributed by atoms with Gasteiger partial charge in [0, 0.05) is 25.4 Å². The summed E-state index contributed by atoms with van der Waals surface area (Å²) in [6.07, 6.45) is 0.685. The quantitative estimate of drug-likeness (QED) is 0.784. The van der Waals surface area contributed by atoms with Gasteiger partial charge in [-0.15, -0.1) is 0 Å². The minimum absolute atomic E-state index is 0.230. The molecule has 0 atom stereocenters. The largest absolute Gasteiger partial charge is 0.326 e. The summed E-state index contributed by atoms with van der Waals surface area (Å²) in [5.74, 6) is 0.511. The number of benzene rings is 1. The van der Waals surface area contributed by atoms with Crippen LogP contribution in [-0.2, 0) is 22.9 Å². The molecule has 0 amide bonds. The van der Waals surface area contributed by atoms with Crippen LogP contribution in [0.2, 0.25) is 0 Å². The van der Waals surface area contributed by atoms with Crippen LogP contribution in [0.25, 0.3) is 0 Å². The third-order valence-corrected chi connectivity index (χ3v) is 4.81. The van der Waals surface area contributed by atoms with Gasteiger partial charge in [-0.1, -0.05) is 31.2 Å². The van der Waals surface area contributed by atoms with Crippen LogP contribution in [0.1, 0.15) is 24.5 Å². The smallest absolute Gasteiger partial charge is 0.151 e. The Bertz CT molecular complexity index is 486. The first kappa shape index (κ1) is 16.1. The van der Waals surface area contributed by atoms with Gasteiger partial charge in [0.2, 0.25) is 0 Å². The zero-order valence-corrected chi connectivity index (χ0v) is 12.6. The number of rotatable bonds is 8. The molecule has 0 radical (unpaired) electrons. The van der Waals surface area contributed by atoms with Crippen molar-refractivity contribution >= 4 is 9.84 Å². The number of hydrogen-bond donors (Lipinski definition) is 1. The molecule has 0 aliphatic carbocycles. The molecule has 0 aliphatic heterocycles. The summed E-state index contributed by atoms with van der Waals surface area (Å²) in [5.41, 5.74) is 7.87. The number of nitrogens with zero attached hydrogens (tertiary/aromatic N) is 1. The fourth-order valence-corrected chi connectivity index (χ4v) is 3.37. The van der Waals surface area contributed by atoms with Crippen LogP contribution < -0.4 is 5.73 Å². The third kappa shape index (κ3) is 6.18. The average Bonchev–Trinajstić information content (AvgIpc) is 2.37. The minimum Gasteiger partial charge on any atom is -0.326 e. The summed E-state index contributed by atoms with van der Waals surface area (Å²) in [7, 11) is -0.952. The predicted octanol–water partition coefficient (Wildman–Crippen LogP) is 1.40. The molecule has 0 aromatic heterocycles. The Labute approximate surface area is 116 Å². The molecule has 0 aliphatic rings. The fourth-order valence-electron chi connectivity index (χ4n) is 1.95. The molecule has 0 fully saturated rings. The van der Waals surface area contributed by atoms with Gasteiger partial charge in [0.05, 0.1) is 5.75 Å². The number of sulfone groups is 1. The molecule has 1 aromatic carbocycles. The number of hydrogen-bond acceptors (Lipinski definition) is 4. The summed E-state index contributed by atoms with van der Waals surface area (Å²) in [6.45, 7) is 3.73. The Kier molecular flexibility index (Phi) is 6.48. The monoisotopic (exact) mass is 284 g/mol. The number of nitrogens with two attached hydrogens (primary N) is 1. The molecule has 108 valence electrons. The van der Waals surface area contributed by atoms with Crippen LogP contribution >= 0.6 is 0 Å². The van der Waals surface area contributed by atoms with Crippen LogP contribution in [0.5, 0.6) is 0 Å². The lowest BCUT2D eigenvalue weighted by Crippen LogP contribution is -2.26. The molecule has 2 N–H and O–H groups in total. The second kappa shape index (κ2) is 7.62. The van der Waals surface area contributed by atoms with Gasteiger partial charge in [-0.2, -0.15) is 0 Å². The lowest BCUT2D eigenvalue weighted by Gasteiger charge is -2.17. The van der Waals surface area contributed by atoms with Crippen LogP contribution in [0.3, 0.4) is 0 Å². The van der Waals surface area contributed by atoms with E-state index < -0.39 is 9.84 Å². The van der Waals surface area contributed by atoms with E-state index >= 15 is 0 Å². The van der Waals surface area contributed by atoms with Crippen molar-refractivity contribution in [2.75, 3.05) is 25.1 Å². The van der Waals surface area contributed by atoms with Crippen molar-refractivity contribution in [3.05, 3.63) is 35.4 Å². The van der Waals surface area contributed by atoms with Gasteiger partial charge in [0.1, 0.15) is 0 Å². The normalized spacial score (nSPS) is 12.0. The highest BCUT2D eigenvalue weighted by molar-refractivity contribution is 7.91. The van der Waals surface area contributed by atoms with Crippen molar-refractivity contribution in [2.24, 2.45) is 5.73 Å². The maximum Gasteiger partial charge on any atom is 0.151 e. The van der Waals surface area contributed by atoms with Gasteiger partial charge >= 0.3 is 0 Å². The lowest BCUT2D eigenvalue weighted by molar-refractivity contribution is 0.346. The zero-order valence-electron chi connectivity index (χ0n) is 11.8. The second-order valence-electron chi connectivity index (χ2n) is 4.91. The minimum atomic E-state index is -2.89. The lowest BCUT2D eigenvalue weighted by atomic mass is 10.1. The van der Waals surface area contributed by atoms with Crippen molar-refractivity contribution in [1.82, 2.24) is 4.90 Å². The topological polar surface area (TPSA) is 63.4 Å². The van der Waals surface area contributed by atoms with E-state index in [1.807, 2.05) is 37.1 Å². The van der Waals surface area contributed by atoms with E-state index in [-0.39, 0.29) is 11.5 Å². The Hall–Kier alpha value is -0.910. The first-order valence-corrected chi connectivity index (χ1v) is 8.46. The molecule has 19 heavy (non-hydrogen) atoms. The van der Waals surface area contributed by atoms with Gasteiger partial charge in [-0.25, -0.2) is 8.42 Å². The highest BCUT2D eigenvalue weighted by Gasteiger charge is 2.11. The summed E-state index contributed by atoms with van der Waals surface area (Å²) in [5, 5.41) is 0. The van der Waals surface area contributed by atoms with Crippen molar-refractivity contribution in [3.63, 3.8) is 0 Å². The van der Waals surface area contributed by atoms with Crippen LogP contribution in [0, 0.1) is 0 Å². The Balaban J connectivity index is 2.49. The summed E-state index contributed by atoms with van der Waals surface area (Å²) >= 11 is 0. The van der Waals surface area contributed by atoms with E-state index in [4.69, 9.17) is 5.73 Å². The van der Waals surface area contributed by atoms with E-state index in [0.717, 1.165) is 12.1 Å². The Morgan fingerprint density at radius 2 is 1.89 bits per heavy atom. The van der Waals surface area contributed by atoms with Crippen molar-refractivity contribution in [3.8, 4) is 0 Å². The molecule has 0 saturated heterocycles. The molecular weight excluding hydrogens is 260 g/mol. The van der Waals surface area contributed by atoms with Crippen LogP contribution in [0.4, 0.5) is 0 Å². The summed E-state index contributed by atoms with van der Waals surface area (Å²) < 4.78 is 23.3. The van der Waals surface area contributed by atoms with E-state index in [0.29, 0.717) is 19.5 Å². The highest BCUT2D eigenvalue weighted by Crippen LogP contribution is 2.07. The first-order chi connectivity index (χ1) is 8.96. The third-order valence-electron chi connectivity index (χ3n) is 2.98. The van der Waals surface area contributed by atoms with Gasteiger partial charge < -0.3 is 10.6 Å². The van der Waals surface area contributed by atoms with Gasteiger partial charge in [-0.05, 0) is 24.6 Å². The van der Waals surface area contributed by atoms with Gasteiger partial charge in [0.15, 0.2) is 9.84 Å². The molecule has 5 heteroatoms. The first-order valence-electron chi connectivity index (χ1n) is 6.63. The average molecular weight is 284 g/mol.